The number of hydrogen-bond donors (Lipinski definition) is 12. The Morgan fingerprint density at radius 2 is 0.835 bits per heavy atom. The summed E-state index contributed by atoms with van der Waals surface area (Å²) in [7, 11) is 0. The van der Waals surface area contributed by atoms with Gasteiger partial charge in [-0.3, -0.25) is 62.5 Å². The molecule has 6 spiro atoms. The smallest absolute Gasteiger partial charge is 0.408 e. The number of ether oxygens (including phenoxy) is 1. The first-order valence-electron chi connectivity index (χ1n) is 47.7. The number of primary amides is 3. The minimum absolute atomic E-state index is 0.0130. The Bertz CT molecular complexity index is 4340. The third kappa shape index (κ3) is 17.9. The lowest BCUT2D eigenvalue weighted by Crippen LogP contribution is -2.62. The molecule has 10 saturated carbocycles. The highest BCUT2D eigenvalue weighted by molar-refractivity contribution is 6.38. The van der Waals surface area contributed by atoms with Crippen LogP contribution in [0.1, 0.15) is 321 Å². The van der Waals surface area contributed by atoms with Crippen molar-refractivity contribution in [2.24, 2.45) is 112 Å². The van der Waals surface area contributed by atoms with Gasteiger partial charge >= 0.3 is 6.09 Å². The average molecular weight is 1770 g/mol. The molecule has 3 aliphatic heterocycles. The molecule has 13 aliphatic rings. The number of carbonyl (C=O) groups excluding carboxylic acids is 13. The fourth-order valence-electron chi connectivity index (χ4n) is 25.9. The van der Waals surface area contributed by atoms with E-state index in [1.165, 1.54) is 25.0 Å². The Labute approximate surface area is 751 Å². The number of aliphatic hydroxyl groups excluding tert-OH is 2. The number of carbonyl (C=O) groups is 13. The number of nitrogens with one attached hydrogen (secondary N) is 6. The number of hydrogen-bond acceptors (Lipinski definition) is 19. The number of nitrogens with zero attached hydrogens (tertiary/aromatic N) is 5. The Morgan fingerprint density at radius 1 is 0.457 bits per heavy atom. The topological polar surface area (TPSA) is 483 Å². The van der Waals surface area contributed by atoms with Crippen LogP contribution in [0.5, 0.6) is 0 Å². The van der Waals surface area contributed by atoms with Gasteiger partial charge < -0.3 is 84.5 Å². The van der Waals surface area contributed by atoms with Gasteiger partial charge in [0.2, 0.25) is 58.9 Å². The van der Waals surface area contributed by atoms with Gasteiger partial charge in [0.1, 0.15) is 47.5 Å². The second-order valence-electron chi connectivity index (χ2n) is 46.8. The Morgan fingerprint density at radius 3 is 1.15 bits per heavy atom. The maximum atomic E-state index is 15.0. The van der Waals surface area contributed by atoms with E-state index in [0.717, 1.165) is 141 Å². The zero-order valence-electron chi connectivity index (χ0n) is 79.3. The minimum atomic E-state index is -1.51. The van der Waals surface area contributed by atoms with E-state index in [4.69, 9.17) is 27.7 Å². The third-order valence-corrected chi connectivity index (χ3v) is 35.3. The van der Waals surface area contributed by atoms with Crippen LogP contribution in [0.3, 0.4) is 0 Å². The SMILES string of the molecule is CC(C)(C)OC(=O)N[C@H](C(=O)N1CC2(C[C@H]1C(=O)NC(CC1CCC1)C(O)C(N)=O)C(C)(C)C21CCC1)C(C)(C)C.CC(C)(C)[C@H](N)C(=O)N1CC2(C[C@H]1C(=O)NC(CC1CCC1)C(O)C(N)=O)C(C)(C)C21CCC1.CC(C)(C)[C@H](NC(=O)[C@@H](NC(=O)c1cnccn1)C1CCCCC1)C(=O)N1CC2(C[C@H]1C(=O)NC(CC1CCC1)C(=O)C(N)=O)C(C)(C)C21CCC1. The molecule has 708 valence electrons. The number of fused-ring (bicyclic) bond motifs is 3. The predicted molar refractivity (Wildman–Crippen MR) is 475 cm³/mol. The fourth-order valence-corrected chi connectivity index (χ4v) is 25.9. The molecule has 0 radical (unpaired) electrons. The summed E-state index contributed by atoms with van der Waals surface area (Å²) in [5, 5.41) is 38.6. The summed E-state index contributed by atoms with van der Waals surface area (Å²) in [6.45, 7) is 37.1. The van der Waals surface area contributed by atoms with Crippen molar-refractivity contribution in [2.75, 3.05) is 19.6 Å². The van der Waals surface area contributed by atoms with Crippen LogP contribution in [0, 0.1) is 88.7 Å². The van der Waals surface area contributed by atoms with Crippen LogP contribution in [0.15, 0.2) is 18.6 Å². The van der Waals surface area contributed by atoms with E-state index in [-0.39, 0.29) is 95.8 Å². The van der Waals surface area contributed by atoms with Gasteiger partial charge in [-0.05, 0) is 183 Å². The first-order valence-corrected chi connectivity index (χ1v) is 47.7. The number of likely N-dealkylation sites (tertiary alicyclic amines) is 3. The maximum Gasteiger partial charge on any atom is 0.408 e. The largest absolute Gasteiger partial charge is 0.444 e. The molecule has 1 aromatic rings. The van der Waals surface area contributed by atoms with Crippen molar-refractivity contribution in [2.45, 2.75) is 389 Å². The number of amides is 12. The van der Waals surface area contributed by atoms with Crippen molar-refractivity contribution in [3.8, 4) is 0 Å². The van der Waals surface area contributed by atoms with Gasteiger partial charge in [-0.2, -0.15) is 0 Å². The monoisotopic (exact) mass is 1770 g/mol. The second kappa shape index (κ2) is 35.6. The standard InChI is InChI=1S/C39H57N7O6.C31H52N4O6.C26H44N4O4/c1-36(2,3)30(45-34(51)28(24-13-7-6-8-14-24)44-32(49)26-21-41-17-18-42-26)35(52)46-22-39(37(4,5)38(39)15-10-16-38)20-27(46)33(50)43-25(29(47)31(40)48)19-23-11-9-12-23;1-27(2,3)22(34-26(40)41-28(4,5)6)25(39)35-17-31(29(7,8)30(31)13-10-14-30)16-20(35)24(38)33-19(21(36)23(32)37)15-18-11-9-12-18;1-23(2,3)19(27)22(34)30-14-26(24(4,5)25(26)10-7-11-25)13-17(30)21(33)29-16(18(31)20(28)32)12-15-8-6-9-15/h17-18,21,23-25,27-28,30H,6-16,19-20,22H2,1-5H3,(H2,40,48)(H,43,50)(H,44,49)(H,45,51);18-22,36H,9-17H2,1-8H3,(H2,32,37)(H,33,38)(H,34,40);15-19,31H,6-14,27H2,1-5H3,(H2,28,32)(H,29,33)/t25?,27-,28-,30+,39?;19?,20-,21?,22+,31?;16?,17-,18?,19+,26?/m000/s1. The van der Waals surface area contributed by atoms with Crippen molar-refractivity contribution in [1.82, 2.24) is 56.6 Å². The first kappa shape index (κ1) is 98.1. The van der Waals surface area contributed by atoms with Crippen LogP contribution in [0.2, 0.25) is 0 Å². The number of nitrogens with two attached hydrogens (primary N) is 4. The summed E-state index contributed by atoms with van der Waals surface area (Å²) in [4.78, 5) is 187. The number of Topliss-reactive ketones (excluding diaryl/α,β-unsaturated/α-hetero) is 1. The molecule has 3 saturated heterocycles. The second-order valence-corrected chi connectivity index (χ2v) is 46.8. The maximum absolute atomic E-state index is 15.0. The fraction of sp³-hybridized carbons (Fsp3) is 0.823. The molecule has 0 bridgehead atoms. The predicted octanol–water partition coefficient (Wildman–Crippen LogP) is 8.14. The molecule has 13 fully saturated rings. The van der Waals surface area contributed by atoms with E-state index in [1.807, 2.05) is 62.3 Å². The van der Waals surface area contributed by atoms with Gasteiger partial charge in [0.05, 0.1) is 30.4 Å². The van der Waals surface area contributed by atoms with Crippen LogP contribution in [0.25, 0.3) is 0 Å². The molecule has 12 amide bonds. The number of ketones is 1. The van der Waals surface area contributed by atoms with Crippen molar-refractivity contribution < 1.29 is 77.3 Å². The number of rotatable bonds is 27. The summed E-state index contributed by atoms with van der Waals surface area (Å²) < 4.78 is 5.48. The van der Waals surface area contributed by atoms with Gasteiger partial charge in [-0.25, -0.2) is 9.78 Å². The van der Waals surface area contributed by atoms with Gasteiger partial charge in [-0.1, -0.05) is 200 Å². The van der Waals surface area contributed by atoms with Crippen molar-refractivity contribution >= 4 is 76.9 Å². The van der Waals surface area contributed by atoms with Crippen molar-refractivity contribution in [3.05, 3.63) is 24.3 Å². The lowest BCUT2D eigenvalue weighted by atomic mass is 9.73. The van der Waals surface area contributed by atoms with Gasteiger partial charge in [0, 0.05) is 48.3 Å². The summed E-state index contributed by atoms with van der Waals surface area (Å²) in [6.07, 6.45) is 26.8. The molecule has 4 heterocycles. The third-order valence-electron chi connectivity index (χ3n) is 35.3. The zero-order valence-corrected chi connectivity index (χ0v) is 79.3. The van der Waals surface area contributed by atoms with Gasteiger partial charge in [0.15, 0.2) is 12.2 Å². The van der Waals surface area contributed by atoms with E-state index in [9.17, 15) is 72.5 Å². The normalized spacial score (nSPS) is 28.8. The summed E-state index contributed by atoms with van der Waals surface area (Å²) in [6, 6.07) is -8.55. The molecular weight excluding hydrogens is 1620 g/mol. The molecule has 16 N–H and O–H groups in total. The van der Waals surface area contributed by atoms with Gasteiger partial charge in [-0.15, -0.1) is 0 Å². The van der Waals surface area contributed by atoms with Crippen LogP contribution in [0.4, 0.5) is 4.79 Å². The summed E-state index contributed by atoms with van der Waals surface area (Å²) in [5.41, 5.74) is 19.7. The number of aromatic nitrogens is 2. The highest BCUT2D eigenvalue weighted by Gasteiger charge is 2.88. The summed E-state index contributed by atoms with van der Waals surface area (Å²) in [5.74, 6) is -5.93. The lowest BCUT2D eigenvalue weighted by molar-refractivity contribution is -0.145. The van der Waals surface area contributed by atoms with Crippen LogP contribution < -0.4 is 54.8 Å². The van der Waals surface area contributed by atoms with Crippen molar-refractivity contribution in [1.29, 1.82) is 0 Å². The molecule has 31 heteroatoms. The van der Waals surface area contributed by atoms with Crippen molar-refractivity contribution in [3.63, 3.8) is 0 Å². The molecular formula is C96H153N15O16. The summed E-state index contributed by atoms with van der Waals surface area (Å²) >= 11 is 0. The van der Waals surface area contributed by atoms with Crippen LogP contribution in [-0.2, 0) is 57.5 Å². The molecule has 1 aromatic heterocycles. The highest BCUT2D eigenvalue weighted by Crippen LogP contribution is 2.90. The molecule has 31 nitrogen and oxygen atoms in total. The number of alkyl carbamates (subject to hydrolysis) is 1. The number of aliphatic hydroxyl groups is 2. The van der Waals surface area contributed by atoms with E-state index >= 15 is 0 Å². The first-order chi connectivity index (χ1) is 59.0. The average Bonchev–Trinajstić information content (AvgIpc) is 1.46. The van der Waals surface area contributed by atoms with Gasteiger partial charge in [0.25, 0.3) is 11.8 Å². The van der Waals surface area contributed by atoms with E-state index in [1.54, 1.807) is 35.5 Å². The van der Waals surface area contributed by atoms with E-state index < -0.39 is 142 Å². The zero-order chi connectivity index (χ0) is 93.7. The molecule has 0 aromatic carbocycles. The molecule has 14 rings (SSSR count). The quantitative estimate of drug-likeness (QED) is 0.0370. The Hall–Kier alpha value is -7.93. The molecule has 8 unspecified atom stereocenters. The van der Waals surface area contributed by atoms with E-state index in [2.05, 4.69) is 83.4 Å². The Kier molecular flexibility index (Phi) is 27.5. The van der Waals surface area contributed by atoms with Crippen LogP contribution in [-0.4, -0.2) is 210 Å². The van der Waals surface area contributed by atoms with Crippen LogP contribution >= 0.6 is 0 Å². The molecule has 15 atom stereocenters. The molecule has 127 heavy (non-hydrogen) atoms. The van der Waals surface area contributed by atoms with E-state index in [0.29, 0.717) is 70.0 Å². The lowest BCUT2D eigenvalue weighted by Gasteiger charge is -2.38. The Balaban J connectivity index is 0.000000177. The highest BCUT2D eigenvalue weighted by atomic mass is 16.6. The minimum Gasteiger partial charge on any atom is -0.444 e. The molecule has 10 aliphatic carbocycles.